The fourth-order valence-electron chi connectivity index (χ4n) is 7.14. The molecular weight excluding hydrogens is 364 g/mol. The highest BCUT2D eigenvalue weighted by Gasteiger charge is 2.67. The Hall–Kier alpha value is -1.52. The molecule has 4 aliphatic carbocycles. The summed E-state index contributed by atoms with van der Waals surface area (Å²) in [5, 5.41) is 21.5. The summed E-state index contributed by atoms with van der Waals surface area (Å²) < 4.78 is 0. The minimum absolute atomic E-state index is 0.0700. The number of allylic oxidation sites excluding steroid dienone is 6. The quantitative estimate of drug-likeness (QED) is 0.688. The Kier molecular flexibility index (Phi) is 5.02. The lowest BCUT2D eigenvalue weighted by atomic mass is 9.51. The molecule has 0 saturated heterocycles. The molecule has 0 aromatic rings. The van der Waals surface area contributed by atoms with Gasteiger partial charge in [0.1, 0.15) is 12.2 Å². The van der Waals surface area contributed by atoms with Crippen molar-refractivity contribution in [2.75, 3.05) is 6.61 Å². The Bertz CT molecular complexity index is 821. The van der Waals surface area contributed by atoms with Crippen molar-refractivity contribution in [1.82, 2.24) is 0 Å². The zero-order valence-corrected chi connectivity index (χ0v) is 17.9. The van der Waals surface area contributed by atoms with E-state index in [0.29, 0.717) is 12.3 Å². The Morgan fingerprint density at radius 2 is 2.07 bits per heavy atom. The van der Waals surface area contributed by atoms with Crippen molar-refractivity contribution in [1.29, 1.82) is 0 Å². The minimum atomic E-state index is -1.46. The molecule has 0 aromatic carbocycles. The van der Waals surface area contributed by atoms with Gasteiger partial charge in [-0.25, -0.2) is 0 Å². The average molecular weight is 399 g/mol. The normalized spacial score (nSPS) is 43.2. The van der Waals surface area contributed by atoms with Gasteiger partial charge in [0.05, 0.1) is 0 Å². The van der Waals surface area contributed by atoms with Gasteiger partial charge >= 0.3 is 0 Å². The summed E-state index contributed by atoms with van der Waals surface area (Å²) in [6.07, 6.45) is 13.9. The predicted molar refractivity (Wildman–Crippen MR) is 112 cm³/mol. The van der Waals surface area contributed by atoms with Crippen LogP contribution in [0.3, 0.4) is 0 Å². The molecule has 0 amide bonds. The lowest BCUT2D eigenvalue weighted by Gasteiger charge is -2.53. The third-order valence-electron chi connectivity index (χ3n) is 8.81. The number of Topliss-reactive ketones (excluding diaryl/α,β-unsaturated/α-hetero) is 1. The maximum absolute atomic E-state index is 12.9. The van der Waals surface area contributed by atoms with E-state index in [9.17, 15) is 19.8 Å². The third kappa shape index (κ3) is 2.71. The molecule has 4 heteroatoms. The summed E-state index contributed by atoms with van der Waals surface area (Å²) in [7, 11) is 0. The topological polar surface area (TPSA) is 74.6 Å². The van der Waals surface area contributed by atoms with E-state index in [2.05, 4.69) is 32.9 Å². The lowest BCUT2D eigenvalue weighted by Crippen LogP contribution is -2.57. The second-order valence-corrected chi connectivity index (χ2v) is 10.1. The zero-order valence-electron chi connectivity index (χ0n) is 17.9. The smallest absolute Gasteiger partial charge is 0.190 e. The predicted octanol–water partition coefficient (Wildman–Crippen LogP) is 3.92. The van der Waals surface area contributed by atoms with Crippen molar-refractivity contribution >= 4 is 11.6 Å². The zero-order chi connectivity index (χ0) is 21.0. The standard InChI is InChI=1S/C25H34O4/c1-4-5-6-17-14-21-19-8-7-16-13-18(27)9-11-23(16,2)20(19)10-12-24(21,3)25(17,29)22(28)15-26/h9-11,13,17,19,21,26,29H,4-8,12,14-15H2,1-3H3/t17-,19-,21+,23+,24+,25+/m1/s1. The first-order valence-corrected chi connectivity index (χ1v) is 11.2. The number of carbonyl (C=O) groups is 2. The van der Waals surface area contributed by atoms with Gasteiger partial charge in [-0.15, -0.1) is 0 Å². The molecule has 0 bridgehead atoms. The second-order valence-electron chi connectivity index (χ2n) is 10.1. The van der Waals surface area contributed by atoms with Crippen LogP contribution in [-0.4, -0.2) is 34.0 Å². The molecule has 6 atom stereocenters. The van der Waals surface area contributed by atoms with E-state index < -0.39 is 23.4 Å². The Labute approximate surface area is 173 Å². The van der Waals surface area contributed by atoms with E-state index in [1.54, 1.807) is 12.2 Å². The first-order chi connectivity index (χ1) is 13.7. The second kappa shape index (κ2) is 7.02. The van der Waals surface area contributed by atoms with E-state index in [-0.39, 0.29) is 23.0 Å². The highest BCUT2D eigenvalue weighted by Crippen LogP contribution is 2.67. The van der Waals surface area contributed by atoms with Crippen LogP contribution < -0.4 is 0 Å². The number of unbranched alkanes of at least 4 members (excludes halogenated alkanes) is 1. The number of ketones is 2. The van der Waals surface area contributed by atoms with Crippen LogP contribution in [0.25, 0.3) is 0 Å². The molecule has 4 aliphatic rings. The van der Waals surface area contributed by atoms with E-state index >= 15 is 0 Å². The molecule has 0 unspecified atom stereocenters. The number of hydrogen-bond acceptors (Lipinski definition) is 4. The summed E-state index contributed by atoms with van der Waals surface area (Å²) in [5.41, 5.74) is 0.317. The number of hydrogen-bond donors (Lipinski definition) is 2. The molecule has 2 N–H and O–H groups in total. The largest absolute Gasteiger partial charge is 0.388 e. The molecule has 29 heavy (non-hydrogen) atoms. The van der Waals surface area contributed by atoms with Crippen molar-refractivity contribution in [3.63, 3.8) is 0 Å². The first-order valence-electron chi connectivity index (χ1n) is 11.2. The molecule has 2 saturated carbocycles. The molecule has 0 aliphatic heterocycles. The van der Waals surface area contributed by atoms with E-state index in [0.717, 1.165) is 38.5 Å². The Morgan fingerprint density at radius 3 is 2.76 bits per heavy atom. The molecule has 4 nitrogen and oxygen atoms in total. The molecule has 158 valence electrons. The highest BCUT2D eigenvalue weighted by molar-refractivity contribution is 6.01. The van der Waals surface area contributed by atoms with Gasteiger partial charge in [-0.2, -0.15) is 0 Å². The van der Waals surface area contributed by atoms with Crippen LogP contribution in [0.15, 0.2) is 35.5 Å². The maximum Gasteiger partial charge on any atom is 0.190 e. The van der Waals surface area contributed by atoms with Crippen molar-refractivity contribution in [3.8, 4) is 0 Å². The van der Waals surface area contributed by atoms with Crippen molar-refractivity contribution < 1.29 is 19.8 Å². The van der Waals surface area contributed by atoms with Crippen LogP contribution >= 0.6 is 0 Å². The number of rotatable bonds is 5. The summed E-state index contributed by atoms with van der Waals surface area (Å²) in [6.45, 7) is 5.80. The van der Waals surface area contributed by atoms with Gasteiger partial charge < -0.3 is 10.2 Å². The third-order valence-corrected chi connectivity index (χ3v) is 8.81. The van der Waals surface area contributed by atoms with Crippen LogP contribution in [0, 0.1) is 28.6 Å². The van der Waals surface area contributed by atoms with Crippen molar-refractivity contribution in [2.45, 2.75) is 71.3 Å². The molecule has 0 aromatic heterocycles. The van der Waals surface area contributed by atoms with Gasteiger partial charge in [0, 0.05) is 10.8 Å². The number of aliphatic hydroxyl groups is 2. The molecule has 0 heterocycles. The fraction of sp³-hybridized carbons (Fsp3) is 0.680. The van der Waals surface area contributed by atoms with Gasteiger partial charge in [-0.1, -0.05) is 50.0 Å². The van der Waals surface area contributed by atoms with Gasteiger partial charge in [0.2, 0.25) is 0 Å². The van der Waals surface area contributed by atoms with E-state index in [4.69, 9.17) is 0 Å². The van der Waals surface area contributed by atoms with Crippen LogP contribution in [-0.2, 0) is 9.59 Å². The van der Waals surface area contributed by atoms with Gasteiger partial charge in [-0.05, 0) is 68.9 Å². The minimum Gasteiger partial charge on any atom is -0.388 e. The molecule has 4 rings (SSSR count). The van der Waals surface area contributed by atoms with Crippen LogP contribution in [0.5, 0.6) is 0 Å². The van der Waals surface area contributed by atoms with Gasteiger partial charge in [0.15, 0.2) is 11.6 Å². The first kappa shape index (κ1) is 20.7. The number of carbonyl (C=O) groups excluding carboxylic acids is 2. The van der Waals surface area contributed by atoms with Crippen LogP contribution in [0.1, 0.15) is 65.7 Å². The molecule has 2 fully saturated rings. The molecule has 0 spiro atoms. The fourth-order valence-corrected chi connectivity index (χ4v) is 7.14. The summed E-state index contributed by atoms with van der Waals surface area (Å²) in [4.78, 5) is 24.8. The average Bonchev–Trinajstić information content (AvgIpc) is 2.94. The van der Waals surface area contributed by atoms with Crippen molar-refractivity contribution in [3.05, 3.63) is 35.5 Å². The van der Waals surface area contributed by atoms with E-state index in [1.165, 1.54) is 11.1 Å². The lowest BCUT2D eigenvalue weighted by molar-refractivity contribution is -0.162. The maximum atomic E-state index is 12.9. The Balaban J connectivity index is 1.76. The number of fused-ring (bicyclic) bond motifs is 5. The summed E-state index contributed by atoms with van der Waals surface area (Å²) in [5.74, 6) is 0.0810. The van der Waals surface area contributed by atoms with Crippen LogP contribution in [0.4, 0.5) is 0 Å². The van der Waals surface area contributed by atoms with Crippen molar-refractivity contribution in [2.24, 2.45) is 28.6 Å². The highest BCUT2D eigenvalue weighted by atomic mass is 16.3. The van der Waals surface area contributed by atoms with Gasteiger partial charge in [-0.3, -0.25) is 9.59 Å². The van der Waals surface area contributed by atoms with Gasteiger partial charge in [0.25, 0.3) is 0 Å². The summed E-state index contributed by atoms with van der Waals surface area (Å²) in [6, 6.07) is 0. The molecule has 0 radical (unpaired) electrons. The molecular formula is C25H34O4. The summed E-state index contributed by atoms with van der Waals surface area (Å²) >= 11 is 0. The van der Waals surface area contributed by atoms with E-state index in [1.807, 2.05) is 0 Å². The Morgan fingerprint density at radius 1 is 1.31 bits per heavy atom. The van der Waals surface area contributed by atoms with Crippen LogP contribution in [0.2, 0.25) is 0 Å². The monoisotopic (exact) mass is 398 g/mol. The SMILES string of the molecule is CCCC[C@@H]1C[C@H]2[C@@H]3CCC4=CC(=O)C=C[C@]4(C)C3=CC[C@]2(C)[C@@]1(O)C(=O)CO. The number of aliphatic hydroxyl groups excluding tert-OH is 1.